The minimum atomic E-state index is -0.415. The molecule has 0 aliphatic heterocycles. The van der Waals surface area contributed by atoms with Crippen molar-refractivity contribution in [3.63, 3.8) is 0 Å². The molecule has 2 aromatic heterocycles. The van der Waals surface area contributed by atoms with Crippen molar-refractivity contribution in [2.75, 3.05) is 6.61 Å². The maximum absolute atomic E-state index is 12.4. The third-order valence-corrected chi connectivity index (χ3v) is 6.09. The van der Waals surface area contributed by atoms with Crippen LogP contribution in [0.3, 0.4) is 0 Å². The lowest BCUT2D eigenvalue weighted by molar-refractivity contribution is 0.0889. The summed E-state index contributed by atoms with van der Waals surface area (Å²) in [4.78, 5) is 17.1. The fourth-order valence-corrected chi connectivity index (χ4v) is 4.07. The highest BCUT2D eigenvalue weighted by atomic mass is 16.5. The predicted molar refractivity (Wildman–Crippen MR) is 113 cm³/mol. The first-order valence-electron chi connectivity index (χ1n) is 10.5. The van der Waals surface area contributed by atoms with Gasteiger partial charge in [0.15, 0.2) is 5.65 Å². The van der Waals surface area contributed by atoms with E-state index in [9.17, 15) is 9.90 Å². The number of hydrogen-bond donors (Lipinski definition) is 2. The van der Waals surface area contributed by atoms with E-state index < -0.39 is 6.09 Å². The summed E-state index contributed by atoms with van der Waals surface area (Å²) < 4.78 is 7.40. The number of benzene rings is 1. The summed E-state index contributed by atoms with van der Waals surface area (Å²) in [5.41, 5.74) is 3.03. The first kappa shape index (κ1) is 20.3. The highest BCUT2D eigenvalue weighted by Crippen LogP contribution is 2.41. The zero-order valence-corrected chi connectivity index (χ0v) is 17.3. The Hall–Kier alpha value is -2.93. The first-order valence-corrected chi connectivity index (χ1v) is 10.5. The Kier molecular flexibility index (Phi) is 5.99. The second-order valence-corrected chi connectivity index (χ2v) is 8.33. The fourth-order valence-electron chi connectivity index (χ4n) is 4.07. The second kappa shape index (κ2) is 8.83. The molecule has 3 aromatic rings. The molecule has 7 heteroatoms. The molecule has 0 bridgehead atoms. The third-order valence-electron chi connectivity index (χ3n) is 6.09. The van der Waals surface area contributed by atoms with Gasteiger partial charge in [-0.15, -0.1) is 0 Å². The van der Waals surface area contributed by atoms with E-state index in [1.54, 1.807) is 10.7 Å². The highest BCUT2D eigenvalue weighted by molar-refractivity contribution is 5.67. The second-order valence-electron chi connectivity index (χ2n) is 8.33. The molecule has 2 N–H and O–H groups in total. The summed E-state index contributed by atoms with van der Waals surface area (Å²) in [6, 6.07) is 11.6. The Morgan fingerprint density at radius 3 is 2.77 bits per heavy atom. The molecule has 0 saturated heterocycles. The van der Waals surface area contributed by atoms with Gasteiger partial charge in [-0.05, 0) is 43.2 Å². The number of rotatable bonds is 6. The quantitative estimate of drug-likeness (QED) is 0.651. The van der Waals surface area contributed by atoms with Crippen LogP contribution >= 0.6 is 0 Å². The Morgan fingerprint density at radius 2 is 2.03 bits per heavy atom. The average molecular weight is 409 g/mol. The SMILES string of the molecule is CC1CCC(COC(=O)NCc2ccccc2)(c2cn3ncc(CO)cc3n2)CC1. The number of aliphatic hydroxyl groups is 1. The number of imidazole rings is 1. The van der Waals surface area contributed by atoms with Gasteiger partial charge in [-0.2, -0.15) is 5.10 Å². The van der Waals surface area contributed by atoms with Crippen LogP contribution in [-0.2, 0) is 23.3 Å². The number of hydrogen-bond acceptors (Lipinski definition) is 5. The molecule has 4 rings (SSSR count). The molecule has 1 saturated carbocycles. The Balaban J connectivity index is 1.49. The lowest BCUT2D eigenvalue weighted by atomic mass is 9.69. The van der Waals surface area contributed by atoms with E-state index in [0.29, 0.717) is 18.1 Å². The molecule has 1 fully saturated rings. The molecule has 1 amide bonds. The van der Waals surface area contributed by atoms with Gasteiger partial charge >= 0.3 is 6.09 Å². The number of carbonyl (C=O) groups excluding carboxylic acids is 1. The monoisotopic (exact) mass is 408 g/mol. The molecule has 0 unspecified atom stereocenters. The van der Waals surface area contributed by atoms with Gasteiger partial charge in [0.1, 0.15) is 6.61 Å². The molecule has 2 heterocycles. The first-order chi connectivity index (χ1) is 14.6. The molecule has 0 atom stereocenters. The molecular formula is C23H28N4O3. The van der Waals surface area contributed by atoms with Crippen molar-refractivity contribution in [1.29, 1.82) is 0 Å². The van der Waals surface area contributed by atoms with Crippen LogP contribution in [0.4, 0.5) is 4.79 Å². The van der Waals surface area contributed by atoms with Crippen LogP contribution in [-0.4, -0.2) is 32.4 Å². The smallest absolute Gasteiger partial charge is 0.407 e. The van der Waals surface area contributed by atoms with Gasteiger partial charge in [0.2, 0.25) is 0 Å². The Morgan fingerprint density at radius 1 is 1.27 bits per heavy atom. The van der Waals surface area contributed by atoms with E-state index in [-0.39, 0.29) is 18.6 Å². The number of aromatic nitrogens is 3. The summed E-state index contributed by atoms with van der Waals surface area (Å²) in [6.07, 6.45) is 7.12. The van der Waals surface area contributed by atoms with Gasteiger partial charge in [0, 0.05) is 17.5 Å². The average Bonchev–Trinajstić information content (AvgIpc) is 3.22. The zero-order valence-electron chi connectivity index (χ0n) is 17.3. The normalized spacial score (nSPS) is 21.5. The van der Waals surface area contributed by atoms with Crippen molar-refractivity contribution in [1.82, 2.24) is 19.9 Å². The molecule has 158 valence electrons. The minimum absolute atomic E-state index is 0.0704. The number of amides is 1. The molecule has 1 aromatic carbocycles. The van der Waals surface area contributed by atoms with Crippen molar-refractivity contribution in [3.05, 3.63) is 65.6 Å². The molecule has 30 heavy (non-hydrogen) atoms. The molecule has 7 nitrogen and oxygen atoms in total. The van der Waals surface area contributed by atoms with Gasteiger partial charge in [-0.3, -0.25) is 0 Å². The van der Waals surface area contributed by atoms with Gasteiger partial charge in [0.25, 0.3) is 0 Å². The number of aliphatic hydroxyl groups excluding tert-OH is 1. The fraction of sp³-hybridized carbons (Fsp3) is 0.435. The zero-order chi connectivity index (χ0) is 21.0. The summed E-state index contributed by atoms with van der Waals surface area (Å²) in [6.45, 7) is 2.91. The van der Waals surface area contributed by atoms with Gasteiger partial charge in [0.05, 0.1) is 24.7 Å². The Bertz CT molecular complexity index is 994. The number of nitrogens with zero attached hydrogens (tertiary/aromatic N) is 3. The third kappa shape index (κ3) is 4.46. The van der Waals surface area contributed by atoms with Crippen LogP contribution in [0, 0.1) is 5.92 Å². The van der Waals surface area contributed by atoms with E-state index in [1.807, 2.05) is 42.6 Å². The van der Waals surface area contributed by atoms with E-state index in [2.05, 4.69) is 17.3 Å². The van der Waals surface area contributed by atoms with Crippen LogP contribution in [0.1, 0.15) is 49.4 Å². The predicted octanol–water partition coefficient (Wildman–Crippen LogP) is 3.60. The summed E-state index contributed by atoms with van der Waals surface area (Å²) in [5, 5.41) is 16.5. The largest absolute Gasteiger partial charge is 0.449 e. The van der Waals surface area contributed by atoms with E-state index in [4.69, 9.17) is 9.72 Å². The van der Waals surface area contributed by atoms with Crippen LogP contribution in [0.15, 0.2) is 48.8 Å². The number of fused-ring (bicyclic) bond motifs is 1. The maximum Gasteiger partial charge on any atom is 0.407 e. The number of carbonyl (C=O) groups is 1. The number of alkyl carbamates (subject to hydrolysis) is 1. The van der Waals surface area contributed by atoms with Gasteiger partial charge in [-0.25, -0.2) is 14.3 Å². The number of ether oxygens (including phenoxy) is 1. The lowest BCUT2D eigenvalue weighted by Crippen LogP contribution is -2.39. The van der Waals surface area contributed by atoms with Crippen LogP contribution < -0.4 is 5.32 Å². The lowest BCUT2D eigenvalue weighted by Gasteiger charge is -2.37. The van der Waals surface area contributed by atoms with Gasteiger partial charge in [-0.1, -0.05) is 37.3 Å². The van der Waals surface area contributed by atoms with E-state index in [0.717, 1.165) is 42.5 Å². The van der Waals surface area contributed by atoms with Crippen molar-refractivity contribution in [2.24, 2.45) is 5.92 Å². The Labute approximate surface area is 176 Å². The maximum atomic E-state index is 12.4. The molecule has 1 aliphatic rings. The molecule has 0 spiro atoms. The van der Waals surface area contributed by atoms with Crippen molar-refractivity contribution >= 4 is 11.7 Å². The summed E-state index contributed by atoms with van der Waals surface area (Å²) in [7, 11) is 0. The molecule has 0 radical (unpaired) electrons. The topological polar surface area (TPSA) is 88.8 Å². The molecule has 1 aliphatic carbocycles. The van der Waals surface area contributed by atoms with Crippen molar-refractivity contribution < 1.29 is 14.6 Å². The highest BCUT2D eigenvalue weighted by Gasteiger charge is 2.39. The number of nitrogens with one attached hydrogen (secondary N) is 1. The van der Waals surface area contributed by atoms with Crippen LogP contribution in [0.25, 0.3) is 5.65 Å². The van der Waals surface area contributed by atoms with E-state index in [1.165, 1.54) is 0 Å². The van der Waals surface area contributed by atoms with Crippen LogP contribution in [0.2, 0.25) is 0 Å². The van der Waals surface area contributed by atoms with Crippen LogP contribution in [0.5, 0.6) is 0 Å². The van der Waals surface area contributed by atoms with E-state index >= 15 is 0 Å². The standard InChI is InChI=1S/C23H28N4O3/c1-17-7-9-23(10-8-17,16-30-22(29)24-12-18-5-3-2-4-6-18)20-14-27-21(26-20)11-19(15-28)13-25-27/h2-6,11,13-14,17,28H,7-10,12,15-16H2,1H3,(H,24,29). The summed E-state index contributed by atoms with van der Waals surface area (Å²) >= 11 is 0. The summed E-state index contributed by atoms with van der Waals surface area (Å²) in [5.74, 6) is 0.654. The van der Waals surface area contributed by atoms with Crippen molar-refractivity contribution in [3.8, 4) is 0 Å². The molecular weight excluding hydrogens is 380 g/mol. The van der Waals surface area contributed by atoms with Crippen molar-refractivity contribution in [2.45, 2.75) is 51.2 Å². The van der Waals surface area contributed by atoms with Gasteiger partial charge < -0.3 is 15.2 Å². The minimum Gasteiger partial charge on any atom is -0.449 e.